The molecule has 1 atom stereocenters. The fraction of sp³-hybridized carbons (Fsp3) is 0.333. The number of hydrogen-bond acceptors (Lipinski definition) is 5. The number of imidazole rings is 1. The van der Waals surface area contributed by atoms with Gasteiger partial charge >= 0.3 is 6.18 Å². The number of hydrogen-bond donors (Lipinski definition) is 1. The van der Waals surface area contributed by atoms with Gasteiger partial charge in [0.1, 0.15) is 11.5 Å². The van der Waals surface area contributed by atoms with E-state index in [2.05, 4.69) is 15.0 Å². The SMILES string of the molecule is Cc1c(OCC(F)(F)F)ccnc1CS(=O)c1nc2cc3c(cc2[nH]1)CCO3. The van der Waals surface area contributed by atoms with E-state index in [-0.39, 0.29) is 16.7 Å². The predicted octanol–water partition coefficient (Wildman–Crippen LogP) is 3.45. The first-order valence-electron chi connectivity index (χ1n) is 8.48. The van der Waals surface area contributed by atoms with Gasteiger partial charge in [-0.2, -0.15) is 13.2 Å². The second-order valence-electron chi connectivity index (χ2n) is 6.39. The van der Waals surface area contributed by atoms with Crippen LogP contribution < -0.4 is 9.47 Å². The molecule has 0 bridgehead atoms. The summed E-state index contributed by atoms with van der Waals surface area (Å²) in [6.45, 7) is 0.834. The zero-order valence-electron chi connectivity index (χ0n) is 14.8. The maximum absolute atomic E-state index is 12.7. The first-order chi connectivity index (χ1) is 13.3. The fourth-order valence-corrected chi connectivity index (χ4v) is 4.08. The van der Waals surface area contributed by atoms with Crippen molar-refractivity contribution < 1.29 is 26.9 Å². The van der Waals surface area contributed by atoms with Crippen molar-refractivity contribution in [1.29, 1.82) is 0 Å². The Hall–Kier alpha value is -2.62. The van der Waals surface area contributed by atoms with Gasteiger partial charge in [-0.25, -0.2) is 4.98 Å². The van der Waals surface area contributed by atoms with E-state index in [0.717, 1.165) is 23.3 Å². The quantitative estimate of drug-likeness (QED) is 0.696. The standard InChI is InChI=1S/C18H16F3N3O3S/c1-10-14(22-4-2-15(10)27-9-18(19,20)21)8-28(25)17-23-12-6-11-3-5-26-16(11)7-13(12)24-17/h2,4,6-7H,3,5,8-9H2,1H3,(H,23,24). The molecule has 0 amide bonds. The Balaban J connectivity index is 1.54. The van der Waals surface area contributed by atoms with E-state index in [4.69, 9.17) is 9.47 Å². The van der Waals surface area contributed by atoms with E-state index >= 15 is 0 Å². The smallest absolute Gasteiger partial charge is 0.422 e. The summed E-state index contributed by atoms with van der Waals surface area (Å²) in [4.78, 5) is 11.6. The minimum Gasteiger partial charge on any atom is -0.493 e. The summed E-state index contributed by atoms with van der Waals surface area (Å²) >= 11 is 0. The number of benzene rings is 1. The molecule has 2 aromatic heterocycles. The number of nitrogens with one attached hydrogen (secondary N) is 1. The zero-order chi connectivity index (χ0) is 19.9. The summed E-state index contributed by atoms with van der Waals surface area (Å²) in [6, 6.07) is 5.10. The number of ether oxygens (including phenoxy) is 2. The molecule has 0 aliphatic carbocycles. The van der Waals surface area contributed by atoms with Crippen molar-refractivity contribution in [2.24, 2.45) is 0 Å². The number of halogens is 3. The Bertz CT molecular complexity index is 1020. The van der Waals surface area contributed by atoms with E-state index in [1.54, 1.807) is 6.92 Å². The van der Waals surface area contributed by atoms with Crippen molar-refractivity contribution in [2.75, 3.05) is 13.2 Å². The molecule has 3 aromatic rings. The number of aromatic amines is 1. The van der Waals surface area contributed by atoms with Crippen LogP contribution in [0.2, 0.25) is 0 Å². The lowest BCUT2D eigenvalue weighted by atomic mass is 10.1. The third-order valence-electron chi connectivity index (χ3n) is 4.40. The van der Waals surface area contributed by atoms with Gasteiger partial charge in [0, 0.05) is 24.2 Å². The molecule has 28 heavy (non-hydrogen) atoms. The monoisotopic (exact) mass is 411 g/mol. The summed E-state index contributed by atoms with van der Waals surface area (Å²) in [6.07, 6.45) is -2.28. The highest BCUT2D eigenvalue weighted by Gasteiger charge is 2.29. The van der Waals surface area contributed by atoms with Crippen molar-refractivity contribution in [2.45, 2.75) is 30.4 Å². The molecule has 1 N–H and O–H groups in total. The molecule has 1 unspecified atom stereocenters. The summed E-state index contributed by atoms with van der Waals surface area (Å²) in [5.74, 6) is 0.853. The molecule has 0 saturated heterocycles. The van der Waals surface area contributed by atoms with Gasteiger partial charge in [0.25, 0.3) is 0 Å². The number of H-pyrrole nitrogens is 1. The number of nitrogens with zero attached hydrogens (tertiary/aromatic N) is 2. The van der Waals surface area contributed by atoms with Crippen molar-refractivity contribution in [1.82, 2.24) is 15.0 Å². The molecule has 0 radical (unpaired) electrons. The molecule has 6 nitrogen and oxygen atoms in total. The highest BCUT2D eigenvalue weighted by atomic mass is 32.2. The molecular weight excluding hydrogens is 395 g/mol. The molecular formula is C18H16F3N3O3S. The average molecular weight is 411 g/mol. The Morgan fingerprint density at radius 1 is 1.36 bits per heavy atom. The molecule has 148 valence electrons. The van der Waals surface area contributed by atoms with Crippen LogP contribution in [-0.4, -0.2) is 38.6 Å². The van der Waals surface area contributed by atoms with Crippen LogP contribution in [0.3, 0.4) is 0 Å². The molecule has 1 aliphatic heterocycles. The number of rotatable bonds is 5. The minimum atomic E-state index is -4.43. The van der Waals surface area contributed by atoms with Crippen LogP contribution >= 0.6 is 0 Å². The van der Waals surface area contributed by atoms with Crippen LogP contribution in [-0.2, 0) is 23.0 Å². The number of fused-ring (bicyclic) bond motifs is 2. The Morgan fingerprint density at radius 2 is 2.18 bits per heavy atom. The first kappa shape index (κ1) is 18.7. The Morgan fingerprint density at radius 3 is 2.96 bits per heavy atom. The van der Waals surface area contributed by atoms with Gasteiger partial charge in [0.2, 0.25) is 0 Å². The molecule has 1 aromatic carbocycles. The van der Waals surface area contributed by atoms with Gasteiger partial charge in [-0.1, -0.05) is 0 Å². The zero-order valence-corrected chi connectivity index (χ0v) is 15.6. The van der Waals surface area contributed by atoms with Crippen LogP contribution in [0.25, 0.3) is 11.0 Å². The molecule has 10 heteroatoms. The van der Waals surface area contributed by atoms with Crippen LogP contribution in [0, 0.1) is 6.92 Å². The highest BCUT2D eigenvalue weighted by Crippen LogP contribution is 2.30. The van der Waals surface area contributed by atoms with Crippen LogP contribution in [0.4, 0.5) is 13.2 Å². The maximum Gasteiger partial charge on any atom is 0.422 e. The van der Waals surface area contributed by atoms with E-state index in [9.17, 15) is 17.4 Å². The lowest BCUT2D eigenvalue weighted by molar-refractivity contribution is -0.153. The second kappa shape index (κ2) is 7.08. The van der Waals surface area contributed by atoms with Crippen LogP contribution in [0.1, 0.15) is 16.8 Å². The summed E-state index contributed by atoms with van der Waals surface area (Å²) in [7, 11) is -1.55. The van der Waals surface area contributed by atoms with Crippen molar-refractivity contribution in [3.63, 3.8) is 0 Å². The Kier molecular flexibility index (Phi) is 4.74. The van der Waals surface area contributed by atoms with E-state index in [1.807, 2.05) is 12.1 Å². The fourth-order valence-electron chi connectivity index (χ4n) is 2.98. The van der Waals surface area contributed by atoms with Crippen molar-refractivity contribution >= 4 is 21.8 Å². The van der Waals surface area contributed by atoms with Gasteiger partial charge in [-0.15, -0.1) is 0 Å². The third kappa shape index (κ3) is 3.82. The maximum atomic E-state index is 12.7. The first-order valence-corrected chi connectivity index (χ1v) is 9.80. The predicted molar refractivity (Wildman–Crippen MR) is 95.9 cm³/mol. The normalized spacial score (nSPS) is 14.7. The third-order valence-corrected chi connectivity index (χ3v) is 5.57. The molecule has 3 heterocycles. The summed E-state index contributed by atoms with van der Waals surface area (Å²) in [5.41, 5.74) is 3.30. The average Bonchev–Trinajstić information content (AvgIpc) is 3.25. The van der Waals surface area contributed by atoms with Gasteiger partial charge in [0.05, 0.1) is 39.9 Å². The molecule has 0 saturated carbocycles. The van der Waals surface area contributed by atoms with Gasteiger partial charge in [-0.3, -0.25) is 9.19 Å². The van der Waals surface area contributed by atoms with Crippen LogP contribution in [0.15, 0.2) is 29.6 Å². The molecule has 1 aliphatic rings. The van der Waals surface area contributed by atoms with E-state index < -0.39 is 23.6 Å². The van der Waals surface area contributed by atoms with E-state index in [0.29, 0.717) is 23.4 Å². The summed E-state index contributed by atoms with van der Waals surface area (Å²) in [5, 5.41) is 0.279. The number of aromatic nitrogens is 3. The largest absolute Gasteiger partial charge is 0.493 e. The van der Waals surface area contributed by atoms with Crippen molar-refractivity contribution in [3.8, 4) is 11.5 Å². The second-order valence-corrected chi connectivity index (χ2v) is 7.76. The topological polar surface area (TPSA) is 77.1 Å². The molecule has 4 rings (SSSR count). The number of alkyl halides is 3. The van der Waals surface area contributed by atoms with Gasteiger partial charge in [0.15, 0.2) is 11.8 Å². The summed E-state index contributed by atoms with van der Waals surface area (Å²) < 4.78 is 60.2. The van der Waals surface area contributed by atoms with Gasteiger partial charge < -0.3 is 14.5 Å². The molecule has 0 fully saturated rings. The number of pyridine rings is 1. The highest BCUT2D eigenvalue weighted by molar-refractivity contribution is 7.84. The lowest BCUT2D eigenvalue weighted by Crippen LogP contribution is -2.19. The lowest BCUT2D eigenvalue weighted by Gasteiger charge is -2.13. The van der Waals surface area contributed by atoms with Crippen LogP contribution in [0.5, 0.6) is 11.5 Å². The Labute approximate surface area is 160 Å². The van der Waals surface area contributed by atoms with E-state index in [1.165, 1.54) is 12.3 Å². The minimum absolute atomic E-state index is 0.00505. The van der Waals surface area contributed by atoms with Gasteiger partial charge in [-0.05, 0) is 24.6 Å². The molecule has 0 spiro atoms. The van der Waals surface area contributed by atoms with Crippen molar-refractivity contribution in [3.05, 3.63) is 41.2 Å².